The zero-order valence-electron chi connectivity index (χ0n) is 18.9. The minimum absolute atomic E-state index is 0. The van der Waals surface area contributed by atoms with Gasteiger partial charge in [0.05, 0.1) is 10.6 Å². The Morgan fingerprint density at radius 3 is 2.78 bits per heavy atom. The van der Waals surface area contributed by atoms with Crippen LogP contribution >= 0.6 is 11.6 Å². The Morgan fingerprint density at radius 1 is 1.11 bits per heavy atom. The van der Waals surface area contributed by atoms with E-state index in [4.69, 9.17) is 22.1 Å². The van der Waals surface area contributed by atoms with Crippen molar-refractivity contribution in [1.29, 1.82) is 0 Å². The number of aryl methyl sites for hydroxylation is 1. The lowest BCUT2D eigenvalue weighted by Crippen LogP contribution is -2.23. The highest BCUT2D eigenvalue weighted by molar-refractivity contribution is 6.30. The zero-order valence-corrected chi connectivity index (χ0v) is 19.7. The van der Waals surface area contributed by atoms with Crippen molar-refractivity contribution in [3.8, 4) is 11.6 Å². The number of nitrogen functional groups attached to an aromatic ring is 1. The van der Waals surface area contributed by atoms with E-state index in [-0.39, 0.29) is 31.4 Å². The predicted octanol–water partition coefficient (Wildman–Crippen LogP) is 6.24. The van der Waals surface area contributed by atoms with E-state index in [0.29, 0.717) is 41.5 Å². The summed E-state index contributed by atoms with van der Waals surface area (Å²) in [7, 11) is 0. The molecule has 2 N–H and O–H groups in total. The number of nitrogens with zero attached hydrogens (tertiary/aromatic N) is 3. The first kappa shape index (κ1) is 25.1. The topological polar surface area (TPSA) is 98.4 Å². The van der Waals surface area contributed by atoms with Crippen LogP contribution in [0.15, 0.2) is 67.0 Å². The number of hydrogen-bond acceptors (Lipinski definition) is 6. The molecule has 0 spiro atoms. The van der Waals surface area contributed by atoms with Gasteiger partial charge in [-0.15, -0.1) is 0 Å². The Balaban J connectivity index is 0.00000304. The predicted molar refractivity (Wildman–Crippen MR) is 143 cm³/mol. The summed E-state index contributed by atoms with van der Waals surface area (Å²) in [5.41, 5.74) is 8.02. The molecule has 0 aliphatic carbocycles. The van der Waals surface area contributed by atoms with Gasteiger partial charge in [-0.2, -0.15) is 0 Å². The van der Waals surface area contributed by atoms with Crippen molar-refractivity contribution < 1.29 is 14.3 Å². The van der Waals surface area contributed by atoms with Crippen molar-refractivity contribution >= 4 is 45.6 Å². The Bertz CT molecular complexity index is 1440. The maximum absolute atomic E-state index is 13.2. The number of halogens is 1. The summed E-state index contributed by atoms with van der Waals surface area (Å²) in [6.45, 7) is 0.684. The molecule has 0 unspecified atom stereocenters. The molecule has 2 aromatic heterocycles. The summed E-state index contributed by atoms with van der Waals surface area (Å²) in [4.78, 5) is 35.4. The summed E-state index contributed by atoms with van der Waals surface area (Å²) < 4.78 is 5.99. The number of pyridine rings is 2. The molecule has 4 aromatic rings. The second-order valence-corrected chi connectivity index (χ2v) is 8.87. The summed E-state index contributed by atoms with van der Waals surface area (Å²) >= 11 is 6.16. The van der Waals surface area contributed by atoms with Crippen LogP contribution in [0.4, 0.5) is 11.5 Å². The quantitative estimate of drug-likeness (QED) is 0.300. The van der Waals surface area contributed by atoms with Crippen molar-refractivity contribution in [3.63, 3.8) is 0 Å². The van der Waals surface area contributed by atoms with Gasteiger partial charge in [0, 0.05) is 48.9 Å². The second kappa shape index (κ2) is 10.7. The molecule has 0 radical (unpaired) electrons. The Kier molecular flexibility index (Phi) is 7.50. The highest BCUT2D eigenvalue weighted by atomic mass is 35.5. The molecule has 1 fully saturated rings. The van der Waals surface area contributed by atoms with E-state index in [0.717, 1.165) is 28.4 Å². The van der Waals surface area contributed by atoms with Gasteiger partial charge < -0.3 is 15.4 Å². The number of ketones is 1. The maximum Gasteiger partial charge on any atom is 0.230 e. The van der Waals surface area contributed by atoms with Gasteiger partial charge in [-0.1, -0.05) is 43.3 Å². The van der Waals surface area contributed by atoms with Gasteiger partial charge in [0.15, 0.2) is 5.78 Å². The number of carbonyl (C=O) groups is 2. The lowest BCUT2D eigenvalue weighted by Gasteiger charge is -2.17. The standard InChI is InChI=1S/C27H23ClN4O3.CH4/c28-19-14-23(24(33)9-7-17-6-8-22-18(13-17)10-11-30-26(22)29)27(31-16-19)35-21-4-1-3-20(15-21)32-12-2-5-25(32)34;/h1,3-4,6,8,10-11,13-16H,2,5,7,9,12H2,(H2,29,30);1H4. The molecule has 1 aliphatic rings. The summed E-state index contributed by atoms with van der Waals surface area (Å²) in [5.74, 6) is 1.12. The molecule has 3 heterocycles. The summed E-state index contributed by atoms with van der Waals surface area (Å²) in [6.07, 6.45) is 5.29. The minimum Gasteiger partial charge on any atom is -0.438 e. The molecule has 1 aliphatic heterocycles. The first-order chi connectivity index (χ1) is 17.0. The molecule has 2 aromatic carbocycles. The van der Waals surface area contributed by atoms with Gasteiger partial charge in [-0.3, -0.25) is 9.59 Å². The van der Waals surface area contributed by atoms with Crippen molar-refractivity contribution in [2.45, 2.75) is 33.1 Å². The van der Waals surface area contributed by atoms with E-state index in [1.165, 1.54) is 6.20 Å². The average molecular weight is 503 g/mol. The molecule has 0 bridgehead atoms. The highest BCUT2D eigenvalue weighted by Gasteiger charge is 2.22. The fourth-order valence-electron chi connectivity index (χ4n) is 4.25. The van der Waals surface area contributed by atoms with Crippen LogP contribution in [0.2, 0.25) is 5.02 Å². The van der Waals surface area contributed by atoms with Gasteiger partial charge in [-0.05, 0) is 48.1 Å². The van der Waals surface area contributed by atoms with Gasteiger partial charge in [0.1, 0.15) is 11.6 Å². The number of anilines is 2. The third-order valence-electron chi connectivity index (χ3n) is 6.04. The number of benzene rings is 2. The lowest BCUT2D eigenvalue weighted by atomic mass is 10.0. The Morgan fingerprint density at radius 2 is 1.97 bits per heavy atom. The van der Waals surface area contributed by atoms with E-state index in [2.05, 4.69) is 9.97 Å². The molecule has 5 rings (SSSR count). The molecule has 1 saturated heterocycles. The summed E-state index contributed by atoms with van der Waals surface area (Å²) in [6, 6.07) is 16.6. The zero-order chi connectivity index (χ0) is 24.4. The molecule has 1 amide bonds. The molecule has 0 saturated carbocycles. The van der Waals surface area contributed by atoms with E-state index in [1.54, 1.807) is 29.3 Å². The van der Waals surface area contributed by atoms with Crippen LogP contribution in [0.25, 0.3) is 10.8 Å². The fourth-order valence-corrected chi connectivity index (χ4v) is 4.41. The number of nitrogens with two attached hydrogens (primary N) is 1. The van der Waals surface area contributed by atoms with Crippen LogP contribution in [0.5, 0.6) is 11.6 Å². The SMILES string of the molecule is C.Nc1nccc2cc(CCC(=O)c3cc(Cl)cnc3Oc3cccc(N4CCCC4=O)c3)ccc12. The van der Waals surface area contributed by atoms with Crippen molar-refractivity contribution in [3.05, 3.63) is 83.1 Å². The minimum atomic E-state index is -0.129. The number of amides is 1. The van der Waals surface area contributed by atoms with Gasteiger partial charge >= 0.3 is 0 Å². The smallest absolute Gasteiger partial charge is 0.230 e. The normalized spacial score (nSPS) is 13.0. The molecule has 184 valence electrons. The molecule has 7 nitrogen and oxygen atoms in total. The van der Waals surface area contributed by atoms with Gasteiger partial charge in [0.25, 0.3) is 0 Å². The second-order valence-electron chi connectivity index (χ2n) is 8.43. The largest absolute Gasteiger partial charge is 0.438 e. The number of carbonyl (C=O) groups excluding carboxylic acids is 2. The van der Waals surface area contributed by atoms with Crippen LogP contribution in [0, 0.1) is 0 Å². The molecular formula is C28H27ClN4O3. The number of fused-ring (bicyclic) bond motifs is 1. The third kappa shape index (κ3) is 5.31. The fraction of sp³-hybridized carbons (Fsp3) is 0.214. The van der Waals surface area contributed by atoms with Crippen molar-refractivity contribution in [2.75, 3.05) is 17.2 Å². The number of Topliss-reactive ketones (excluding diaryl/α,β-unsaturated/α-hetero) is 1. The number of rotatable bonds is 7. The number of hydrogen-bond donors (Lipinski definition) is 1. The first-order valence-corrected chi connectivity index (χ1v) is 11.8. The van der Waals surface area contributed by atoms with E-state index < -0.39 is 0 Å². The molecular weight excluding hydrogens is 476 g/mol. The molecule has 36 heavy (non-hydrogen) atoms. The van der Waals surface area contributed by atoms with E-state index >= 15 is 0 Å². The van der Waals surface area contributed by atoms with Crippen LogP contribution in [0.1, 0.15) is 42.6 Å². The third-order valence-corrected chi connectivity index (χ3v) is 6.24. The lowest BCUT2D eigenvalue weighted by molar-refractivity contribution is -0.117. The number of aromatic nitrogens is 2. The Labute approximate surface area is 214 Å². The summed E-state index contributed by atoms with van der Waals surface area (Å²) in [5, 5.41) is 2.22. The first-order valence-electron chi connectivity index (χ1n) is 11.4. The van der Waals surface area contributed by atoms with E-state index in [1.807, 2.05) is 36.4 Å². The van der Waals surface area contributed by atoms with Gasteiger partial charge in [-0.25, -0.2) is 9.97 Å². The number of ether oxygens (including phenoxy) is 1. The van der Waals surface area contributed by atoms with Gasteiger partial charge in [0.2, 0.25) is 11.8 Å². The Hall–Kier alpha value is -3.97. The highest BCUT2D eigenvalue weighted by Crippen LogP contribution is 2.31. The van der Waals surface area contributed by atoms with Crippen LogP contribution in [-0.2, 0) is 11.2 Å². The van der Waals surface area contributed by atoms with Crippen LogP contribution < -0.4 is 15.4 Å². The van der Waals surface area contributed by atoms with E-state index in [9.17, 15) is 9.59 Å². The van der Waals surface area contributed by atoms with Crippen LogP contribution in [-0.4, -0.2) is 28.2 Å². The van der Waals surface area contributed by atoms with Crippen molar-refractivity contribution in [2.24, 2.45) is 0 Å². The maximum atomic E-state index is 13.2. The average Bonchev–Trinajstić information content (AvgIpc) is 3.30. The van der Waals surface area contributed by atoms with Crippen molar-refractivity contribution in [1.82, 2.24) is 9.97 Å². The monoisotopic (exact) mass is 502 g/mol. The molecule has 0 atom stereocenters. The molecule has 8 heteroatoms. The van der Waals surface area contributed by atoms with Crippen LogP contribution in [0.3, 0.4) is 0 Å².